The van der Waals surface area contributed by atoms with Crippen molar-refractivity contribution < 1.29 is 14.3 Å². The maximum atomic E-state index is 13.2. The molecule has 9 nitrogen and oxygen atoms in total. The molecule has 1 saturated heterocycles. The average Bonchev–Trinajstić information content (AvgIpc) is 3.38. The summed E-state index contributed by atoms with van der Waals surface area (Å²) in [6.07, 6.45) is 6.98. The van der Waals surface area contributed by atoms with Crippen molar-refractivity contribution in [2.45, 2.75) is 13.3 Å². The Morgan fingerprint density at radius 2 is 1.70 bits per heavy atom. The summed E-state index contributed by atoms with van der Waals surface area (Å²) in [5.74, 6) is -0.369. The van der Waals surface area contributed by atoms with Crippen molar-refractivity contribution >= 4 is 28.9 Å². The lowest BCUT2D eigenvalue weighted by atomic mass is 10.1. The number of anilines is 3. The van der Waals surface area contributed by atoms with Gasteiger partial charge in [0.25, 0.3) is 5.91 Å². The number of nitrogens with one attached hydrogen (secondary N) is 2. The number of benzene rings is 2. The topological polar surface area (TPSA) is 101 Å². The molecule has 0 atom stereocenters. The number of ether oxygens (including phenoxy) is 1. The van der Waals surface area contributed by atoms with Crippen LogP contribution >= 0.6 is 0 Å². The number of hydrogen-bond acceptors (Lipinski definition) is 6. The largest absolute Gasteiger partial charge is 0.378 e. The van der Waals surface area contributed by atoms with Crippen LogP contribution in [-0.4, -0.2) is 52.9 Å². The molecule has 0 bridgehead atoms. The Morgan fingerprint density at radius 1 is 0.919 bits per heavy atom. The predicted molar refractivity (Wildman–Crippen MR) is 142 cm³/mol. The van der Waals surface area contributed by atoms with Crippen LogP contribution in [0.5, 0.6) is 0 Å². The predicted octanol–water partition coefficient (Wildman–Crippen LogP) is 3.85. The zero-order chi connectivity index (χ0) is 25.6. The third-order valence-corrected chi connectivity index (χ3v) is 6.01. The van der Waals surface area contributed by atoms with E-state index in [2.05, 4.69) is 25.6 Å². The molecule has 3 heterocycles. The third kappa shape index (κ3) is 6.20. The first-order chi connectivity index (χ1) is 18.0. The number of hydrogen-bond donors (Lipinski definition) is 2. The van der Waals surface area contributed by atoms with Gasteiger partial charge in [-0.2, -0.15) is 5.10 Å². The smallest absolute Gasteiger partial charge is 0.255 e. The van der Waals surface area contributed by atoms with E-state index < -0.39 is 0 Å². The lowest BCUT2D eigenvalue weighted by molar-refractivity contribution is -0.115. The number of aryl methyl sites for hydroxylation is 1. The van der Waals surface area contributed by atoms with Crippen molar-refractivity contribution in [3.8, 4) is 5.69 Å². The summed E-state index contributed by atoms with van der Waals surface area (Å²) in [7, 11) is 0. The number of aromatic nitrogens is 3. The second-order valence-corrected chi connectivity index (χ2v) is 8.93. The van der Waals surface area contributed by atoms with Crippen LogP contribution in [0.3, 0.4) is 0 Å². The van der Waals surface area contributed by atoms with Crippen molar-refractivity contribution in [1.29, 1.82) is 0 Å². The van der Waals surface area contributed by atoms with Gasteiger partial charge in [0.05, 0.1) is 55.3 Å². The number of carbonyl (C=O) groups excluding carboxylic acids is 2. The molecule has 37 heavy (non-hydrogen) atoms. The zero-order valence-corrected chi connectivity index (χ0v) is 20.6. The van der Waals surface area contributed by atoms with Crippen molar-refractivity contribution in [2.24, 2.45) is 0 Å². The molecule has 4 aromatic rings. The first-order valence-electron chi connectivity index (χ1n) is 12.1. The first-order valence-corrected chi connectivity index (χ1v) is 12.1. The highest BCUT2D eigenvalue weighted by molar-refractivity contribution is 6.05. The maximum Gasteiger partial charge on any atom is 0.255 e. The Hall–Kier alpha value is -4.50. The van der Waals surface area contributed by atoms with Crippen LogP contribution in [0, 0.1) is 6.92 Å². The summed E-state index contributed by atoms with van der Waals surface area (Å²) in [5, 5.41) is 10.3. The summed E-state index contributed by atoms with van der Waals surface area (Å²) in [5.41, 5.74) is 5.20. The second kappa shape index (κ2) is 11.0. The van der Waals surface area contributed by atoms with Crippen LogP contribution in [0.4, 0.5) is 17.1 Å². The Morgan fingerprint density at radius 3 is 2.49 bits per heavy atom. The van der Waals surface area contributed by atoms with Crippen LogP contribution in [0.15, 0.2) is 79.4 Å². The molecule has 0 aliphatic carbocycles. The minimum Gasteiger partial charge on any atom is -0.378 e. The van der Waals surface area contributed by atoms with Crippen LogP contribution in [-0.2, 0) is 16.0 Å². The van der Waals surface area contributed by atoms with E-state index >= 15 is 0 Å². The minimum absolute atomic E-state index is 0.125. The normalized spacial score (nSPS) is 13.3. The molecule has 188 valence electrons. The fraction of sp³-hybridized carbons (Fsp3) is 0.214. The molecule has 0 saturated carbocycles. The average molecular weight is 497 g/mol. The molecule has 2 aromatic heterocycles. The molecule has 1 aliphatic rings. The Balaban J connectivity index is 1.39. The van der Waals surface area contributed by atoms with Crippen molar-refractivity contribution in [3.05, 3.63) is 96.1 Å². The number of rotatable bonds is 7. The summed E-state index contributed by atoms with van der Waals surface area (Å²) >= 11 is 0. The molecule has 0 spiro atoms. The van der Waals surface area contributed by atoms with Crippen LogP contribution in [0.25, 0.3) is 5.69 Å². The molecular formula is C28H28N6O3. The fourth-order valence-electron chi connectivity index (χ4n) is 4.20. The van der Waals surface area contributed by atoms with E-state index in [1.807, 2.05) is 55.5 Å². The molecule has 1 fully saturated rings. The molecular weight excluding hydrogens is 468 g/mol. The molecule has 5 rings (SSSR count). The van der Waals surface area contributed by atoms with Crippen molar-refractivity contribution in [2.75, 3.05) is 41.8 Å². The molecule has 0 unspecified atom stereocenters. The molecule has 2 aromatic carbocycles. The minimum atomic E-state index is -0.243. The lowest BCUT2D eigenvalue weighted by Gasteiger charge is -2.29. The van der Waals surface area contributed by atoms with E-state index in [1.165, 1.54) is 0 Å². The molecule has 0 radical (unpaired) electrons. The van der Waals surface area contributed by atoms with E-state index in [-0.39, 0.29) is 18.2 Å². The van der Waals surface area contributed by atoms with E-state index in [4.69, 9.17) is 4.74 Å². The number of nitrogens with zero attached hydrogens (tertiary/aromatic N) is 4. The van der Waals surface area contributed by atoms with Gasteiger partial charge in [0.1, 0.15) is 0 Å². The molecule has 1 aliphatic heterocycles. The highest BCUT2D eigenvalue weighted by atomic mass is 16.5. The van der Waals surface area contributed by atoms with Crippen LogP contribution < -0.4 is 15.5 Å². The maximum absolute atomic E-state index is 13.2. The van der Waals surface area contributed by atoms with E-state index in [9.17, 15) is 9.59 Å². The van der Waals surface area contributed by atoms with Gasteiger partial charge < -0.3 is 20.3 Å². The number of pyridine rings is 1. The van der Waals surface area contributed by atoms with Crippen LogP contribution in [0.2, 0.25) is 0 Å². The van der Waals surface area contributed by atoms with Crippen molar-refractivity contribution in [3.63, 3.8) is 0 Å². The van der Waals surface area contributed by atoms with Gasteiger partial charge in [-0.1, -0.05) is 30.3 Å². The molecule has 2 amide bonds. The van der Waals surface area contributed by atoms with Crippen molar-refractivity contribution in [1.82, 2.24) is 14.8 Å². The summed E-state index contributed by atoms with van der Waals surface area (Å²) in [6, 6.07) is 17.1. The van der Waals surface area contributed by atoms with E-state index in [0.29, 0.717) is 35.8 Å². The Kier molecular flexibility index (Phi) is 7.23. The number of morpholine rings is 1. The summed E-state index contributed by atoms with van der Waals surface area (Å²) in [6.45, 7) is 4.63. The highest BCUT2D eigenvalue weighted by Gasteiger charge is 2.17. The Labute approximate surface area is 215 Å². The SMILES string of the molecule is Cc1cncc(NC(=O)c2cc(N3CCOCC3)cc(-n3cc(NC(=O)Cc4ccccc4)cn3)c2)c1. The van der Waals surface area contributed by atoms with Gasteiger partial charge in [0, 0.05) is 30.5 Å². The Bertz CT molecular complexity index is 1400. The number of amides is 2. The zero-order valence-electron chi connectivity index (χ0n) is 20.6. The van der Waals surface area contributed by atoms with Crippen LogP contribution in [0.1, 0.15) is 21.5 Å². The standard InChI is InChI=1S/C28H28N6O3/c1-20-11-23(17-29-16-20)32-28(36)22-13-25(33-7-9-37-10-8-33)15-26(14-22)34-19-24(18-30-34)31-27(35)12-21-5-3-2-4-6-21/h2-6,11,13-19H,7-10,12H2,1H3,(H,31,35)(H,32,36). The quantitative estimate of drug-likeness (QED) is 0.403. The van der Waals surface area contributed by atoms with Gasteiger partial charge in [0.2, 0.25) is 5.91 Å². The second-order valence-electron chi connectivity index (χ2n) is 8.93. The summed E-state index contributed by atoms with van der Waals surface area (Å²) in [4.78, 5) is 32.0. The fourth-order valence-corrected chi connectivity index (χ4v) is 4.20. The third-order valence-electron chi connectivity index (χ3n) is 6.01. The van der Waals surface area contributed by atoms with Gasteiger partial charge in [-0.15, -0.1) is 0 Å². The van der Waals surface area contributed by atoms with Gasteiger partial charge in [-0.05, 0) is 42.3 Å². The molecule has 2 N–H and O–H groups in total. The van der Waals surface area contributed by atoms with E-state index in [1.54, 1.807) is 35.5 Å². The summed E-state index contributed by atoms with van der Waals surface area (Å²) < 4.78 is 7.16. The first kappa shape index (κ1) is 24.2. The number of carbonyl (C=O) groups is 2. The highest BCUT2D eigenvalue weighted by Crippen LogP contribution is 2.24. The van der Waals surface area contributed by atoms with Gasteiger partial charge in [-0.25, -0.2) is 4.68 Å². The van der Waals surface area contributed by atoms with Gasteiger partial charge in [0.15, 0.2) is 0 Å². The monoisotopic (exact) mass is 496 g/mol. The lowest BCUT2D eigenvalue weighted by Crippen LogP contribution is -2.36. The van der Waals surface area contributed by atoms with Gasteiger partial charge in [-0.3, -0.25) is 14.6 Å². The van der Waals surface area contributed by atoms with Gasteiger partial charge >= 0.3 is 0 Å². The van der Waals surface area contributed by atoms with E-state index in [0.717, 1.165) is 29.9 Å². The molecule has 9 heteroatoms.